The van der Waals surface area contributed by atoms with E-state index in [1.54, 1.807) is 35.3 Å². The van der Waals surface area contributed by atoms with E-state index in [9.17, 15) is 9.59 Å². The quantitative estimate of drug-likeness (QED) is 0.638. The highest BCUT2D eigenvalue weighted by molar-refractivity contribution is 5.94. The van der Waals surface area contributed by atoms with Crippen molar-refractivity contribution in [3.8, 4) is 0 Å². The van der Waals surface area contributed by atoms with Crippen molar-refractivity contribution in [2.75, 3.05) is 6.54 Å². The zero-order valence-corrected chi connectivity index (χ0v) is 14.8. The molecule has 0 aliphatic rings. The Kier molecular flexibility index (Phi) is 6.30. The molecule has 3 rings (SSSR count). The number of nitrogens with zero attached hydrogens (tertiary/aromatic N) is 3. The Hall–Kier alpha value is -3.48. The molecule has 0 aliphatic heterocycles. The summed E-state index contributed by atoms with van der Waals surface area (Å²) in [4.78, 5) is 27.7. The van der Waals surface area contributed by atoms with E-state index < -0.39 is 0 Å². The summed E-state index contributed by atoms with van der Waals surface area (Å²) in [6.45, 7) is 1.42. The highest BCUT2D eigenvalue weighted by atomic mass is 16.2. The molecule has 0 fully saturated rings. The summed E-state index contributed by atoms with van der Waals surface area (Å²) in [5, 5.41) is 9.68. The topological polar surface area (TPSA) is 88.9 Å². The molecule has 2 amide bonds. The third-order valence-electron chi connectivity index (χ3n) is 4.00. The largest absolute Gasteiger partial charge is 0.352 e. The van der Waals surface area contributed by atoms with Crippen LogP contribution in [0.25, 0.3) is 0 Å². The fourth-order valence-corrected chi connectivity index (χ4v) is 2.53. The second-order valence-corrected chi connectivity index (χ2v) is 6.06. The van der Waals surface area contributed by atoms with Gasteiger partial charge >= 0.3 is 0 Å². The van der Waals surface area contributed by atoms with E-state index in [1.165, 1.54) is 6.33 Å². The van der Waals surface area contributed by atoms with E-state index in [-0.39, 0.29) is 18.2 Å². The van der Waals surface area contributed by atoms with Gasteiger partial charge in [-0.2, -0.15) is 5.10 Å². The lowest BCUT2D eigenvalue weighted by Crippen LogP contribution is -2.30. The van der Waals surface area contributed by atoms with Gasteiger partial charge in [-0.25, -0.2) is 9.67 Å². The van der Waals surface area contributed by atoms with Crippen molar-refractivity contribution < 1.29 is 9.59 Å². The van der Waals surface area contributed by atoms with Crippen LogP contribution in [-0.4, -0.2) is 33.1 Å². The lowest BCUT2D eigenvalue weighted by atomic mass is 10.1. The summed E-state index contributed by atoms with van der Waals surface area (Å²) in [7, 11) is 0. The number of rotatable bonds is 8. The van der Waals surface area contributed by atoms with E-state index in [0.29, 0.717) is 25.2 Å². The van der Waals surface area contributed by atoms with Crippen LogP contribution < -0.4 is 10.6 Å². The highest BCUT2D eigenvalue weighted by Crippen LogP contribution is 2.06. The molecule has 0 bridgehead atoms. The van der Waals surface area contributed by atoms with Crippen molar-refractivity contribution in [3.05, 3.63) is 83.9 Å². The van der Waals surface area contributed by atoms with Crippen molar-refractivity contribution in [2.24, 2.45) is 0 Å². The van der Waals surface area contributed by atoms with Gasteiger partial charge in [0, 0.05) is 25.1 Å². The minimum absolute atomic E-state index is 0.102. The van der Waals surface area contributed by atoms with Crippen molar-refractivity contribution >= 4 is 11.8 Å². The maximum Gasteiger partial charge on any atom is 0.251 e. The molecule has 1 heterocycles. The molecule has 0 atom stereocenters. The van der Waals surface area contributed by atoms with Crippen molar-refractivity contribution in [1.29, 1.82) is 0 Å². The maximum atomic E-state index is 11.9. The molecular formula is C20H21N5O2. The van der Waals surface area contributed by atoms with Crippen molar-refractivity contribution in [1.82, 2.24) is 25.4 Å². The third kappa shape index (κ3) is 5.78. The second-order valence-electron chi connectivity index (χ2n) is 6.06. The Balaban J connectivity index is 1.37. The first kappa shape index (κ1) is 18.3. The monoisotopic (exact) mass is 363 g/mol. The number of aromatic nitrogens is 3. The van der Waals surface area contributed by atoms with Gasteiger partial charge in [0.05, 0.1) is 6.54 Å². The van der Waals surface area contributed by atoms with Gasteiger partial charge in [-0.3, -0.25) is 9.59 Å². The summed E-state index contributed by atoms with van der Waals surface area (Å²) in [6, 6.07) is 16.9. The summed E-state index contributed by atoms with van der Waals surface area (Å²) < 4.78 is 1.75. The molecule has 0 radical (unpaired) electrons. The number of nitrogens with one attached hydrogen (secondary N) is 2. The van der Waals surface area contributed by atoms with Gasteiger partial charge in [0.1, 0.15) is 12.7 Å². The molecular weight excluding hydrogens is 342 g/mol. The fraction of sp³-hybridized carbons (Fsp3) is 0.200. The SMILES string of the molecule is O=C(CCNC(=O)c1ccccc1)NCc1ccc(Cn2cncn2)cc1. The maximum absolute atomic E-state index is 11.9. The first-order valence-electron chi connectivity index (χ1n) is 8.71. The molecule has 2 N–H and O–H groups in total. The molecule has 1 aromatic heterocycles. The molecule has 0 aliphatic carbocycles. The third-order valence-corrected chi connectivity index (χ3v) is 4.00. The highest BCUT2D eigenvalue weighted by Gasteiger charge is 2.06. The van der Waals surface area contributed by atoms with E-state index in [4.69, 9.17) is 0 Å². The average molecular weight is 363 g/mol. The van der Waals surface area contributed by atoms with Crippen LogP contribution in [0.15, 0.2) is 67.3 Å². The average Bonchev–Trinajstić information content (AvgIpc) is 3.21. The van der Waals surface area contributed by atoms with Crippen LogP contribution in [0.2, 0.25) is 0 Å². The second kappa shape index (κ2) is 9.28. The number of carbonyl (C=O) groups is 2. The van der Waals surface area contributed by atoms with Crippen molar-refractivity contribution in [2.45, 2.75) is 19.5 Å². The van der Waals surface area contributed by atoms with Crippen LogP contribution in [0, 0.1) is 0 Å². The Morgan fingerprint density at radius 3 is 2.37 bits per heavy atom. The number of carbonyl (C=O) groups excluding carboxylic acids is 2. The summed E-state index contributed by atoms with van der Waals surface area (Å²) in [5.41, 5.74) is 2.71. The lowest BCUT2D eigenvalue weighted by Gasteiger charge is -2.08. The normalized spacial score (nSPS) is 10.4. The van der Waals surface area contributed by atoms with E-state index in [2.05, 4.69) is 20.7 Å². The first-order chi connectivity index (χ1) is 13.2. The fourth-order valence-electron chi connectivity index (χ4n) is 2.53. The zero-order chi connectivity index (χ0) is 18.9. The summed E-state index contributed by atoms with van der Waals surface area (Å²) in [5.74, 6) is -0.276. The van der Waals surface area contributed by atoms with E-state index in [0.717, 1.165) is 11.1 Å². The van der Waals surface area contributed by atoms with Crippen molar-refractivity contribution in [3.63, 3.8) is 0 Å². The molecule has 2 aromatic carbocycles. The molecule has 138 valence electrons. The molecule has 7 nitrogen and oxygen atoms in total. The number of hydrogen-bond acceptors (Lipinski definition) is 4. The molecule has 27 heavy (non-hydrogen) atoms. The predicted molar refractivity (Wildman–Crippen MR) is 101 cm³/mol. The van der Waals surface area contributed by atoms with Crippen LogP contribution in [0.3, 0.4) is 0 Å². The first-order valence-corrected chi connectivity index (χ1v) is 8.71. The number of amides is 2. The molecule has 0 saturated heterocycles. The standard InChI is InChI=1S/C20H21N5O2/c26-19(10-11-22-20(27)18-4-2-1-3-5-18)23-12-16-6-8-17(9-7-16)13-25-15-21-14-24-25/h1-9,14-15H,10-13H2,(H,22,27)(H,23,26). The van der Waals surface area contributed by atoms with Gasteiger partial charge in [-0.15, -0.1) is 0 Å². The van der Waals surface area contributed by atoms with Crippen LogP contribution in [-0.2, 0) is 17.9 Å². The van der Waals surface area contributed by atoms with Crippen LogP contribution in [0.1, 0.15) is 27.9 Å². The zero-order valence-electron chi connectivity index (χ0n) is 14.8. The number of hydrogen-bond donors (Lipinski definition) is 2. The van der Waals surface area contributed by atoms with Gasteiger partial charge in [0.2, 0.25) is 5.91 Å². The Bertz CT molecular complexity index is 861. The molecule has 0 spiro atoms. The van der Waals surface area contributed by atoms with Gasteiger partial charge < -0.3 is 10.6 Å². The number of benzene rings is 2. The smallest absolute Gasteiger partial charge is 0.251 e. The molecule has 3 aromatic rings. The van der Waals surface area contributed by atoms with E-state index >= 15 is 0 Å². The van der Waals surface area contributed by atoms with Crippen LogP contribution in [0.4, 0.5) is 0 Å². The molecule has 0 unspecified atom stereocenters. The van der Waals surface area contributed by atoms with E-state index in [1.807, 2.05) is 30.3 Å². The minimum Gasteiger partial charge on any atom is -0.352 e. The summed E-state index contributed by atoms with van der Waals surface area (Å²) >= 11 is 0. The van der Waals surface area contributed by atoms with Gasteiger partial charge in [-0.1, -0.05) is 42.5 Å². The van der Waals surface area contributed by atoms with Gasteiger partial charge in [0.15, 0.2) is 0 Å². The lowest BCUT2D eigenvalue weighted by molar-refractivity contribution is -0.121. The van der Waals surface area contributed by atoms with Crippen LogP contribution >= 0.6 is 0 Å². The Morgan fingerprint density at radius 2 is 1.67 bits per heavy atom. The Labute approximate surface area is 157 Å². The van der Waals surface area contributed by atoms with Gasteiger partial charge in [-0.05, 0) is 23.3 Å². The van der Waals surface area contributed by atoms with Crippen LogP contribution in [0.5, 0.6) is 0 Å². The molecule has 0 saturated carbocycles. The molecule has 7 heteroatoms. The minimum atomic E-state index is -0.175. The predicted octanol–water partition coefficient (Wildman–Crippen LogP) is 1.76. The Morgan fingerprint density at radius 1 is 0.926 bits per heavy atom. The van der Waals surface area contributed by atoms with Gasteiger partial charge in [0.25, 0.3) is 5.91 Å². The summed E-state index contributed by atoms with van der Waals surface area (Å²) in [6.07, 6.45) is 3.42.